The van der Waals surface area contributed by atoms with E-state index in [0.29, 0.717) is 0 Å². The summed E-state index contributed by atoms with van der Waals surface area (Å²) in [5.74, 6) is -0.810. The van der Waals surface area contributed by atoms with Gasteiger partial charge in [0.05, 0.1) is 17.6 Å². The van der Waals surface area contributed by atoms with E-state index in [1.807, 2.05) is 0 Å². The smallest absolute Gasteiger partial charge is 0.309 e. The number of aliphatic carboxylic acids is 1. The second-order valence-electron chi connectivity index (χ2n) is 4.07. The third-order valence-electron chi connectivity index (χ3n) is 2.49. The van der Waals surface area contributed by atoms with Crippen LogP contribution >= 0.6 is 11.3 Å². The van der Waals surface area contributed by atoms with Crippen molar-refractivity contribution in [2.24, 2.45) is 0 Å². The maximum atomic E-state index is 10.7. The Morgan fingerprint density at radius 2 is 2.06 bits per heavy atom. The number of hydrogen-bond donors (Lipinski definition) is 1. The van der Waals surface area contributed by atoms with Crippen molar-refractivity contribution in [3.8, 4) is 0 Å². The first kappa shape index (κ1) is 14.1. The van der Waals surface area contributed by atoms with Gasteiger partial charge in [-0.25, -0.2) is 4.98 Å². The summed E-state index contributed by atoms with van der Waals surface area (Å²) in [6, 6.07) is 0. The van der Waals surface area contributed by atoms with E-state index < -0.39 is 5.97 Å². The molecule has 0 aliphatic rings. The van der Waals surface area contributed by atoms with Crippen molar-refractivity contribution < 1.29 is 9.90 Å². The lowest BCUT2D eigenvalue weighted by Crippen LogP contribution is -2.25. The second kappa shape index (κ2) is 7.40. The average Bonchev–Trinajstić information content (AvgIpc) is 2.65. The van der Waals surface area contributed by atoms with Crippen LogP contribution in [0.25, 0.3) is 0 Å². The Morgan fingerprint density at radius 3 is 2.59 bits per heavy atom. The van der Waals surface area contributed by atoms with E-state index in [1.165, 1.54) is 0 Å². The Hall–Kier alpha value is -0.940. The Labute approximate surface area is 106 Å². The summed E-state index contributed by atoms with van der Waals surface area (Å²) >= 11 is 1.56. The van der Waals surface area contributed by atoms with E-state index in [4.69, 9.17) is 5.11 Å². The maximum Gasteiger partial charge on any atom is 0.309 e. The highest BCUT2D eigenvalue weighted by Gasteiger charge is 2.13. The molecule has 0 atom stereocenters. The van der Waals surface area contributed by atoms with Crippen molar-refractivity contribution in [2.45, 2.75) is 39.7 Å². The van der Waals surface area contributed by atoms with Gasteiger partial charge in [0.25, 0.3) is 0 Å². The molecule has 0 radical (unpaired) electrons. The molecule has 1 heterocycles. The van der Waals surface area contributed by atoms with Gasteiger partial charge >= 0.3 is 5.97 Å². The molecule has 0 aromatic carbocycles. The van der Waals surface area contributed by atoms with E-state index in [2.05, 4.69) is 23.7 Å². The molecule has 0 saturated heterocycles. The van der Waals surface area contributed by atoms with Crippen molar-refractivity contribution >= 4 is 17.3 Å². The van der Waals surface area contributed by atoms with Gasteiger partial charge in [0, 0.05) is 11.4 Å². The van der Waals surface area contributed by atoms with Crippen LogP contribution in [0.4, 0.5) is 0 Å². The lowest BCUT2D eigenvalue weighted by molar-refractivity contribution is -0.136. The molecular formula is C12H20N2O2S. The summed E-state index contributed by atoms with van der Waals surface area (Å²) in [7, 11) is 0. The molecule has 0 aliphatic heterocycles. The summed E-state index contributed by atoms with van der Waals surface area (Å²) < 4.78 is 0. The molecule has 0 aliphatic carbocycles. The van der Waals surface area contributed by atoms with Crippen molar-refractivity contribution in [2.75, 3.05) is 13.1 Å². The minimum atomic E-state index is -0.810. The highest BCUT2D eigenvalue weighted by Crippen LogP contribution is 2.17. The number of aromatic nitrogens is 1. The van der Waals surface area contributed by atoms with Crippen molar-refractivity contribution in [3.05, 3.63) is 16.1 Å². The van der Waals surface area contributed by atoms with Crippen LogP contribution in [0.1, 0.15) is 37.3 Å². The van der Waals surface area contributed by atoms with Crippen molar-refractivity contribution in [1.82, 2.24) is 9.88 Å². The van der Waals surface area contributed by atoms with Crippen LogP contribution in [0.5, 0.6) is 0 Å². The van der Waals surface area contributed by atoms with Gasteiger partial charge < -0.3 is 5.11 Å². The molecule has 5 heteroatoms. The molecule has 0 fully saturated rings. The molecular weight excluding hydrogens is 236 g/mol. The van der Waals surface area contributed by atoms with Gasteiger partial charge in [-0.3, -0.25) is 9.69 Å². The number of hydrogen-bond acceptors (Lipinski definition) is 4. The standard InChI is InChI=1S/C12H20N2O2S/c1-3-5-14(6-4-2)8-11-10(7-12(15)16)13-9-17-11/h9H,3-8H2,1-2H3,(H,15,16). The van der Waals surface area contributed by atoms with Gasteiger partial charge in [-0.15, -0.1) is 11.3 Å². The lowest BCUT2D eigenvalue weighted by Gasteiger charge is -2.20. The SMILES string of the molecule is CCCN(CCC)Cc1scnc1CC(=O)O. The van der Waals surface area contributed by atoms with Gasteiger partial charge in [0.1, 0.15) is 0 Å². The van der Waals surface area contributed by atoms with Gasteiger partial charge in [0.2, 0.25) is 0 Å². The molecule has 1 aromatic rings. The molecule has 0 bridgehead atoms. The zero-order valence-corrected chi connectivity index (χ0v) is 11.3. The summed E-state index contributed by atoms with van der Waals surface area (Å²) in [6.07, 6.45) is 2.27. The number of thiazole rings is 1. The number of nitrogens with zero attached hydrogens (tertiary/aromatic N) is 2. The Kier molecular flexibility index (Phi) is 6.15. The molecule has 0 spiro atoms. The molecule has 1 N–H and O–H groups in total. The van der Waals surface area contributed by atoms with Crippen LogP contribution in [-0.2, 0) is 17.8 Å². The molecule has 0 amide bonds. The lowest BCUT2D eigenvalue weighted by atomic mass is 10.2. The molecule has 0 unspecified atom stereocenters. The zero-order chi connectivity index (χ0) is 12.7. The number of carbonyl (C=O) groups is 1. The van der Waals surface area contributed by atoms with E-state index >= 15 is 0 Å². The minimum Gasteiger partial charge on any atom is -0.481 e. The monoisotopic (exact) mass is 256 g/mol. The van der Waals surface area contributed by atoms with Crippen LogP contribution in [0, 0.1) is 0 Å². The number of carboxylic acid groups (broad SMARTS) is 1. The highest BCUT2D eigenvalue weighted by molar-refractivity contribution is 7.09. The molecule has 0 saturated carbocycles. The fourth-order valence-electron chi connectivity index (χ4n) is 1.82. The van der Waals surface area contributed by atoms with Crippen LogP contribution in [-0.4, -0.2) is 34.0 Å². The number of carboxylic acids is 1. The summed E-state index contributed by atoms with van der Waals surface area (Å²) in [5.41, 5.74) is 2.46. The third kappa shape index (κ3) is 4.83. The molecule has 4 nitrogen and oxygen atoms in total. The molecule has 1 rings (SSSR count). The van der Waals surface area contributed by atoms with Crippen LogP contribution in [0.15, 0.2) is 5.51 Å². The fourth-order valence-corrected chi connectivity index (χ4v) is 2.64. The minimum absolute atomic E-state index is 0.0327. The van der Waals surface area contributed by atoms with E-state index in [1.54, 1.807) is 16.8 Å². The first-order valence-electron chi connectivity index (χ1n) is 6.02. The second-order valence-corrected chi connectivity index (χ2v) is 5.01. The Bertz CT molecular complexity index is 346. The van der Waals surface area contributed by atoms with Crippen LogP contribution in [0.3, 0.4) is 0 Å². The summed E-state index contributed by atoms with van der Waals surface area (Å²) in [4.78, 5) is 18.3. The largest absolute Gasteiger partial charge is 0.481 e. The van der Waals surface area contributed by atoms with Crippen molar-refractivity contribution in [1.29, 1.82) is 0 Å². The van der Waals surface area contributed by atoms with Gasteiger partial charge in [-0.05, 0) is 25.9 Å². The topological polar surface area (TPSA) is 53.4 Å². The fraction of sp³-hybridized carbons (Fsp3) is 0.667. The maximum absolute atomic E-state index is 10.7. The zero-order valence-electron chi connectivity index (χ0n) is 10.5. The molecule has 1 aromatic heterocycles. The van der Waals surface area contributed by atoms with E-state index in [0.717, 1.165) is 43.0 Å². The van der Waals surface area contributed by atoms with Gasteiger partial charge in [-0.2, -0.15) is 0 Å². The van der Waals surface area contributed by atoms with Crippen LogP contribution < -0.4 is 0 Å². The summed E-state index contributed by atoms with van der Waals surface area (Å²) in [5, 5.41) is 8.80. The van der Waals surface area contributed by atoms with E-state index in [-0.39, 0.29) is 6.42 Å². The van der Waals surface area contributed by atoms with Gasteiger partial charge in [-0.1, -0.05) is 13.8 Å². The first-order valence-corrected chi connectivity index (χ1v) is 6.90. The Morgan fingerprint density at radius 1 is 1.41 bits per heavy atom. The highest BCUT2D eigenvalue weighted by atomic mass is 32.1. The predicted molar refractivity (Wildman–Crippen MR) is 69.3 cm³/mol. The normalized spacial score (nSPS) is 11.0. The van der Waals surface area contributed by atoms with E-state index in [9.17, 15) is 4.79 Å². The summed E-state index contributed by atoms with van der Waals surface area (Å²) in [6.45, 7) is 7.26. The first-order chi connectivity index (χ1) is 8.17. The number of rotatable bonds is 8. The Balaban J connectivity index is 2.64. The third-order valence-corrected chi connectivity index (χ3v) is 3.35. The van der Waals surface area contributed by atoms with Gasteiger partial charge in [0.15, 0.2) is 0 Å². The van der Waals surface area contributed by atoms with Crippen LogP contribution in [0.2, 0.25) is 0 Å². The van der Waals surface area contributed by atoms with Crippen molar-refractivity contribution in [3.63, 3.8) is 0 Å². The molecule has 96 valence electrons. The predicted octanol–water partition coefficient (Wildman–Crippen LogP) is 2.39. The average molecular weight is 256 g/mol. The molecule has 17 heavy (non-hydrogen) atoms. The quantitative estimate of drug-likeness (QED) is 0.776.